The monoisotopic (exact) mass is 888 g/mol. The number of hydrogen-bond donors (Lipinski definition) is 0. The number of benzene rings is 2. The van der Waals surface area contributed by atoms with E-state index in [2.05, 4.69) is 155 Å². The maximum absolute atomic E-state index is 7.51. The van der Waals surface area contributed by atoms with Gasteiger partial charge in [-0.3, -0.25) is 0 Å². The highest BCUT2D eigenvalue weighted by atomic mass is 16.5. The summed E-state index contributed by atoms with van der Waals surface area (Å²) in [7, 11) is 7.06. The normalized spacial score (nSPS) is 18.4. The predicted octanol–water partition coefficient (Wildman–Crippen LogP) is 12.8. The fraction of sp³-hybridized carbons (Fsp3) is 0.544. The molecule has 8 heteroatoms. The molecule has 2 aromatic carbocycles. The molecule has 0 radical (unpaired) electrons. The van der Waals surface area contributed by atoms with Crippen LogP contribution in [0.4, 0.5) is 11.4 Å². The smallest absolute Gasteiger partial charge is 0.210 e. The minimum absolute atomic E-state index is 0.165. The number of aromatic nitrogens is 1. The molecule has 1 unspecified atom stereocenters. The summed E-state index contributed by atoms with van der Waals surface area (Å²) in [4.78, 5) is 2.48. The molecular weight excluding hydrogens is 807 g/mol. The zero-order chi connectivity index (χ0) is 46.8. The average Bonchev–Trinajstić information content (AvgIpc) is 3.84. The Kier molecular flexibility index (Phi) is 17.0. The topological polar surface area (TPSA) is 56.3 Å². The van der Waals surface area contributed by atoms with E-state index in [1.807, 2.05) is 0 Å². The van der Waals surface area contributed by atoms with Crippen LogP contribution in [0.3, 0.4) is 0 Å². The average molecular weight is 888 g/mol. The highest BCUT2D eigenvalue weighted by Crippen LogP contribution is 2.50. The van der Waals surface area contributed by atoms with Crippen molar-refractivity contribution in [2.75, 3.05) is 59.6 Å². The van der Waals surface area contributed by atoms with Crippen LogP contribution < -0.4 is 18.9 Å². The first-order valence-electron chi connectivity index (χ1n) is 24.5. The van der Waals surface area contributed by atoms with Crippen molar-refractivity contribution in [3.8, 4) is 11.5 Å². The Morgan fingerprint density at radius 2 is 1.37 bits per heavy atom. The van der Waals surface area contributed by atoms with Crippen LogP contribution >= 0.6 is 0 Å². The van der Waals surface area contributed by atoms with E-state index in [0.29, 0.717) is 13.2 Å². The van der Waals surface area contributed by atoms with Crippen molar-refractivity contribution in [2.24, 2.45) is 5.41 Å². The fourth-order valence-corrected chi connectivity index (χ4v) is 10.0. The molecule has 352 valence electrons. The van der Waals surface area contributed by atoms with Crippen molar-refractivity contribution in [1.29, 1.82) is 0 Å². The van der Waals surface area contributed by atoms with Gasteiger partial charge >= 0.3 is 0 Å². The van der Waals surface area contributed by atoms with Crippen molar-refractivity contribution < 1.29 is 32.8 Å². The van der Waals surface area contributed by atoms with Gasteiger partial charge in [-0.1, -0.05) is 73.3 Å². The first-order valence-corrected chi connectivity index (χ1v) is 24.5. The summed E-state index contributed by atoms with van der Waals surface area (Å²) >= 11 is 0. The van der Waals surface area contributed by atoms with Gasteiger partial charge in [-0.15, -0.1) is 0 Å². The first kappa shape index (κ1) is 49.8. The number of hydrogen-bond acceptors (Lipinski definition) is 6. The van der Waals surface area contributed by atoms with Crippen molar-refractivity contribution in [3.63, 3.8) is 0 Å². The summed E-state index contributed by atoms with van der Waals surface area (Å²) in [5.74, 6) is 2.75. The van der Waals surface area contributed by atoms with Gasteiger partial charge in [-0.05, 0) is 98.7 Å². The van der Waals surface area contributed by atoms with E-state index in [4.69, 9.17) is 23.7 Å². The second-order valence-corrected chi connectivity index (χ2v) is 20.3. The number of allylic oxidation sites excluding steroid dienone is 7. The van der Waals surface area contributed by atoms with Gasteiger partial charge in [0, 0.05) is 97.8 Å². The number of methoxy groups -OCH3 is 4. The Labute approximate surface area is 392 Å². The van der Waals surface area contributed by atoms with Gasteiger partial charge in [0.15, 0.2) is 24.7 Å². The van der Waals surface area contributed by atoms with Crippen molar-refractivity contribution >= 4 is 17.1 Å². The Balaban J connectivity index is 1.42. The Bertz CT molecular complexity index is 2240. The van der Waals surface area contributed by atoms with E-state index in [9.17, 15) is 0 Å². The summed E-state index contributed by atoms with van der Waals surface area (Å²) in [5.41, 5.74) is 10.5. The van der Waals surface area contributed by atoms with Crippen LogP contribution in [0.1, 0.15) is 142 Å². The summed E-state index contributed by atoms with van der Waals surface area (Å²) in [6.07, 6.45) is 25.2. The number of rotatable bonds is 23. The third-order valence-corrected chi connectivity index (χ3v) is 13.8. The van der Waals surface area contributed by atoms with Gasteiger partial charge < -0.3 is 28.6 Å². The molecule has 1 aromatic heterocycles. The zero-order valence-corrected chi connectivity index (χ0v) is 42.1. The quantitative estimate of drug-likeness (QED) is 0.0698. The van der Waals surface area contributed by atoms with Crippen LogP contribution in [0.25, 0.3) is 0 Å². The molecular formula is C57H81N3O5+2. The summed E-state index contributed by atoms with van der Waals surface area (Å²) in [6, 6.07) is 17.6. The molecule has 2 aliphatic heterocycles. The van der Waals surface area contributed by atoms with E-state index in [1.54, 1.807) is 28.4 Å². The highest BCUT2D eigenvalue weighted by Gasteiger charge is 2.45. The Morgan fingerprint density at radius 3 is 2.05 bits per heavy atom. The molecule has 3 aromatic rings. The molecule has 1 atom stereocenters. The van der Waals surface area contributed by atoms with Gasteiger partial charge in [0.05, 0.1) is 26.2 Å². The van der Waals surface area contributed by atoms with Crippen LogP contribution in [-0.2, 0) is 31.6 Å². The van der Waals surface area contributed by atoms with Gasteiger partial charge in [0.25, 0.3) is 0 Å². The van der Waals surface area contributed by atoms with Crippen LogP contribution in [0, 0.1) is 5.41 Å². The molecule has 0 spiro atoms. The Morgan fingerprint density at radius 1 is 0.708 bits per heavy atom. The minimum Gasteiger partial charge on any atom is -0.497 e. The summed E-state index contributed by atoms with van der Waals surface area (Å²) < 4.78 is 34.8. The minimum atomic E-state index is -0.238. The lowest BCUT2D eigenvalue weighted by atomic mass is 9.81. The molecule has 0 bridgehead atoms. The second kappa shape index (κ2) is 22.2. The molecule has 0 saturated heterocycles. The molecule has 1 aliphatic carbocycles. The molecule has 8 nitrogen and oxygen atoms in total. The first-order chi connectivity index (χ1) is 31.2. The number of fused-ring (bicyclic) bond motifs is 2. The third kappa shape index (κ3) is 11.5. The van der Waals surface area contributed by atoms with Crippen molar-refractivity contribution in [2.45, 2.75) is 143 Å². The van der Waals surface area contributed by atoms with Gasteiger partial charge in [0.1, 0.15) is 29.9 Å². The lowest BCUT2D eigenvalue weighted by Gasteiger charge is -2.32. The zero-order valence-electron chi connectivity index (χ0n) is 42.1. The van der Waals surface area contributed by atoms with E-state index >= 15 is 0 Å². The van der Waals surface area contributed by atoms with Crippen LogP contribution in [0.15, 0.2) is 108 Å². The predicted molar refractivity (Wildman–Crippen MR) is 267 cm³/mol. The van der Waals surface area contributed by atoms with Crippen LogP contribution in [0.5, 0.6) is 11.5 Å². The maximum Gasteiger partial charge on any atom is 0.210 e. The summed E-state index contributed by atoms with van der Waals surface area (Å²) in [5, 5.41) is 0. The summed E-state index contributed by atoms with van der Waals surface area (Å²) in [6.45, 7) is 22.7. The second-order valence-electron chi connectivity index (χ2n) is 20.3. The Hall–Kier alpha value is -4.66. The molecule has 0 N–H and O–H groups in total. The number of anilines is 1. The molecule has 0 amide bonds. The number of aryl methyl sites for hydroxylation is 1. The van der Waals surface area contributed by atoms with E-state index in [0.717, 1.165) is 62.6 Å². The maximum atomic E-state index is 7.51. The fourth-order valence-electron chi connectivity index (χ4n) is 10.0. The molecule has 6 rings (SSSR count). The number of ether oxygens (including phenoxy) is 5. The van der Waals surface area contributed by atoms with E-state index in [-0.39, 0.29) is 22.3 Å². The SMILES string of the molecule is CCCCCCCC[n+]1ccc(C(OC2=C(/C=C/C3=[N+](CCCOC)c4ccc(OC)cc4C3(C)C)CC/C2=C\C=C2\N(CCCOC)c3ccc(OC)cc3C2(C)C)C(C)(C)C)cc1. The largest absolute Gasteiger partial charge is 0.497 e. The molecule has 3 aliphatic rings. The van der Waals surface area contributed by atoms with Gasteiger partial charge in [0.2, 0.25) is 5.69 Å². The lowest BCUT2D eigenvalue weighted by Crippen LogP contribution is -2.33. The van der Waals surface area contributed by atoms with Crippen molar-refractivity contribution in [3.05, 3.63) is 125 Å². The standard InChI is InChI=1S/C57H81N3O5/c1-13-14-15-16-17-18-33-58-36-31-44(32-37-58)54(55(2,3)4)65-53-42(23-29-51-56(5,6)47-40-45(63-11)25-27-49(47)59(51)34-19-38-61-9)21-22-43(53)24-30-52-57(7,8)48-41-46(64-12)26-28-50(48)60(52)35-20-39-62-10/h23-32,36-37,40-41,54H,13-22,33-35,38-39H2,1-12H3/q+2. The number of nitrogens with zero attached hydrogens (tertiary/aromatic N) is 3. The molecule has 0 saturated carbocycles. The van der Waals surface area contributed by atoms with E-state index < -0.39 is 0 Å². The van der Waals surface area contributed by atoms with Gasteiger partial charge in [-0.2, -0.15) is 4.58 Å². The number of pyridine rings is 1. The van der Waals surface area contributed by atoms with Crippen LogP contribution in [0.2, 0.25) is 0 Å². The van der Waals surface area contributed by atoms with Crippen molar-refractivity contribution in [1.82, 2.24) is 0 Å². The van der Waals surface area contributed by atoms with Gasteiger partial charge in [-0.25, -0.2) is 4.57 Å². The molecule has 65 heavy (non-hydrogen) atoms. The molecule has 0 fully saturated rings. The van der Waals surface area contributed by atoms with E-state index in [1.165, 1.54) is 89.1 Å². The number of unbranched alkanes of at least 4 members (excludes halogenated alkanes) is 5. The molecule has 3 heterocycles. The highest BCUT2D eigenvalue weighted by molar-refractivity contribution is 6.03. The lowest BCUT2D eigenvalue weighted by molar-refractivity contribution is -0.697. The third-order valence-electron chi connectivity index (χ3n) is 13.8. The van der Waals surface area contributed by atoms with Crippen LogP contribution in [-0.4, -0.2) is 65.0 Å².